The monoisotopic (exact) mass is 614 g/mol. The van der Waals surface area contributed by atoms with Gasteiger partial charge in [-0.05, 0) is 66.9 Å². The molecule has 0 radical (unpaired) electrons. The van der Waals surface area contributed by atoms with E-state index in [9.17, 15) is 9.18 Å². The summed E-state index contributed by atoms with van der Waals surface area (Å²) in [6.07, 6.45) is 9.17. The van der Waals surface area contributed by atoms with Gasteiger partial charge >= 0.3 is 0 Å². The molecular formula is C34H44ClFN2O3S. The lowest BCUT2D eigenvalue weighted by Gasteiger charge is -2.20. The average Bonchev–Trinajstić information content (AvgIpc) is 3.40. The fourth-order valence-electron chi connectivity index (χ4n) is 4.99. The predicted octanol–water partition coefficient (Wildman–Crippen LogP) is 9.78. The van der Waals surface area contributed by atoms with E-state index < -0.39 is 0 Å². The highest BCUT2D eigenvalue weighted by atomic mass is 35.5. The number of fused-ring (bicyclic) bond motifs is 1. The molecule has 42 heavy (non-hydrogen) atoms. The molecule has 0 atom stereocenters. The molecule has 0 bridgehead atoms. The summed E-state index contributed by atoms with van der Waals surface area (Å²) in [5.41, 5.74) is 7.77. The molecule has 0 spiro atoms. The van der Waals surface area contributed by atoms with Crippen molar-refractivity contribution in [1.82, 2.24) is 4.98 Å². The van der Waals surface area contributed by atoms with Gasteiger partial charge in [0.05, 0.1) is 24.1 Å². The van der Waals surface area contributed by atoms with Crippen LogP contribution in [0.25, 0.3) is 21.2 Å². The van der Waals surface area contributed by atoms with Crippen LogP contribution in [0.5, 0.6) is 11.6 Å². The van der Waals surface area contributed by atoms with Crippen LogP contribution in [-0.4, -0.2) is 32.0 Å². The molecule has 2 aromatic heterocycles. The van der Waals surface area contributed by atoms with Gasteiger partial charge in [0.15, 0.2) is 5.78 Å². The van der Waals surface area contributed by atoms with Crippen molar-refractivity contribution in [2.75, 3.05) is 21.3 Å². The Labute approximate surface area is 259 Å². The van der Waals surface area contributed by atoms with Crippen LogP contribution < -0.4 is 15.2 Å². The number of hydrogen-bond acceptors (Lipinski definition) is 6. The number of halogens is 2. The number of ketones is 1. The van der Waals surface area contributed by atoms with E-state index in [4.69, 9.17) is 21.1 Å². The molecular weight excluding hydrogens is 571 g/mol. The van der Waals surface area contributed by atoms with Crippen molar-refractivity contribution in [3.63, 3.8) is 0 Å². The SMILES string of the molecule is CC.CCc1cc(-c2cccnc2OC)ccc1OC.CN.O=C(CC1CCCCC1)c1sc2cccc(F)c2c1Cl. The number of benzene rings is 2. The normalized spacial score (nSPS) is 12.6. The third-order valence-corrected chi connectivity index (χ3v) is 8.68. The lowest BCUT2D eigenvalue weighted by Crippen LogP contribution is -2.11. The zero-order valence-electron chi connectivity index (χ0n) is 25.6. The van der Waals surface area contributed by atoms with Crippen LogP contribution in [0.15, 0.2) is 54.7 Å². The third-order valence-electron chi connectivity index (χ3n) is 7.00. The Morgan fingerprint density at radius 3 is 2.38 bits per heavy atom. The van der Waals surface area contributed by atoms with Crippen molar-refractivity contribution in [3.8, 4) is 22.8 Å². The molecule has 0 aliphatic heterocycles. The number of carbonyl (C=O) groups excluding carboxylic acids is 1. The number of aryl methyl sites for hydroxylation is 1. The minimum Gasteiger partial charge on any atom is -0.496 e. The minimum atomic E-state index is -0.347. The minimum absolute atomic E-state index is 0.0718. The Kier molecular flexibility index (Phi) is 15.5. The number of ether oxygens (including phenoxy) is 2. The van der Waals surface area contributed by atoms with E-state index in [1.807, 2.05) is 44.2 Å². The highest BCUT2D eigenvalue weighted by Crippen LogP contribution is 2.39. The molecule has 1 aliphatic carbocycles. The second-order valence-electron chi connectivity index (χ2n) is 9.43. The van der Waals surface area contributed by atoms with Gasteiger partial charge in [-0.15, -0.1) is 11.3 Å². The van der Waals surface area contributed by atoms with Crippen molar-refractivity contribution in [1.29, 1.82) is 0 Å². The molecule has 5 rings (SSSR count). The van der Waals surface area contributed by atoms with Crippen LogP contribution in [0, 0.1) is 11.7 Å². The summed E-state index contributed by atoms with van der Waals surface area (Å²) in [5, 5.41) is 0.690. The molecule has 1 saturated carbocycles. The maximum absolute atomic E-state index is 13.8. The van der Waals surface area contributed by atoms with E-state index in [-0.39, 0.29) is 11.6 Å². The molecule has 5 nitrogen and oxygen atoms in total. The van der Waals surface area contributed by atoms with Crippen LogP contribution >= 0.6 is 22.9 Å². The van der Waals surface area contributed by atoms with E-state index in [1.165, 1.54) is 49.3 Å². The van der Waals surface area contributed by atoms with E-state index in [2.05, 4.69) is 23.7 Å². The number of methoxy groups -OCH3 is 2. The molecule has 2 heterocycles. The maximum atomic E-state index is 13.8. The zero-order valence-corrected chi connectivity index (χ0v) is 27.2. The first-order valence-electron chi connectivity index (χ1n) is 14.6. The smallest absolute Gasteiger partial charge is 0.221 e. The van der Waals surface area contributed by atoms with E-state index in [1.54, 1.807) is 26.5 Å². The Morgan fingerprint density at radius 2 is 1.76 bits per heavy atom. The molecule has 1 fully saturated rings. The van der Waals surface area contributed by atoms with Gasteiger partial charge in [-0.3, -0.25) is 4.79 Å². The Hall–Kier alpha value is -3.00. The summed E-state index contributed by atoms with van der Waals surface area (Å²) in [7, 11) is 4.83. The number of pyridine rings is 1. The molecule has 0 amide bonds. The molecule has 2 N–H and O–H groups in total. The molecule has 4 aromatic rings. The molecule has 0 unspecified atom stereocenters. The van der Waals surface area contributed by atoms with Crippen LogP contribution in [0.4, 0.5) is 4.39 Å². The van der Waals surface area contributed by atoms with E-state index >= 15 is 0 Å². The predicted molar refractivity (Wildman–Crippen MR) is 176 cm³/mol. The largest absolute Gasteiger partial charge is 0.496 e. The summed E-state index contributed by atoms with van der Waals surface area (Å²) in [5.74, 6) is 1.76. The third kappa shape index (κ3) is 9.00. The Balaban J connectivity index is 0.000000264. The van der Waals surface area contributed by atoms with Gasteiger partial charge in [-0.2, -0.15) is 0 Å². The number of Topliss-reactive ketones (excluding diaryl/α,β-unsaturated/α-hetero) is 1. The lowest BCUT2D eigenvalue weighted by atomic mass is 9.85. The molecule has 2 aromatic carbocycles. The lowest BCUT2D eigenvalue weighted by molar-refractivity contribution is 0.0954. The highest BCUT2D eigenvalue weighted by molar-refractivity contribution is 7.21. The number of thiophene rings is 1. The van der Waals surface area contributed by atoms with Gasteiger partial charge in [0.2, 0.25) is 5.88 Å². The van der Waals surface area contributed by atoms with E-state index in [0.717, 1.165) is 40.8 Å². The Morgan fingerprint density at radius 1 is 1.05 bits per heavy atom. The summed E-state index contributed by atoms with van der Waals surface area (Å²) in [4.78, 5) is 17.2. The fraction of sp³-hybridized carbons (Fsp3) is 0.412. The number of nitrogens with zero attached hydrogens (tertiary/aromatic N) is 1. The van der Waals surface area contributed by atoms with Crippen LogP contribution in [0.2, 0.25) is 5.02 Å². The second kappa shape index (κ2) is 18.5. The van der Waals surface area contributed by atoms with Crippen LogP contribution in [0.3, 0.4) is 0 Å². The average molecular weight is 615 g/mol. The van der Waals surface area contributed by atoms with Crippen LogP contribution in [-0.2, 0) is 6.42 Å². The number of aromatic nitrogens is 1. The molecule has 0 saturated heterocycles. The zero-order chi connectivity index (χ0) is 31.1. The summed E-state index contributed by atoms with van der Waals surface area (Å²) < 4.78 is 25.2. The van der Waals surface area contributed by atoms with Gasteiger partial charge in [-0.25, -0.2) is 9.37 Å². The quantitative estimate of drug-likeness (QED) is 0.210. The van der Waals surface area contributed by atoms with Crippen molar-refractivity contribution in [2.24, 2.45) is 11.7 Å². The van der Waals surface area contributed by atoms with Gasteiger partial charge in [0, 0.05) is 28.3 Å². The number of hydrogen-bond donors (Lipinski definition) is 1. The summed E-state index contributed by atoms with van der Waals surface area (Å²) in [6, 6.07) is 14.9. The van der Waals surface area contributed by atoms with Gasteiger partial charge in [-0.1, -0.05) is 76.6 Å². The molecule has 8 heteroatoms. The maximum Gasteiger partial charge on any atom is 0.221 e. The van der Waals surface area contributed by atoms with Gasteiger partial charge in [0.25, 0.3) is 0 Å². The first-order chi connectivity index (χ1) is 20.5. The van der Waals surface area contributed by atoms with Crippen molar-refractivity contribution < 1.29 is 18.7 Å². The molecule has 228 valence electrons. The Bertz CT molecular complexity index is 1400. The van der Waals surface area contributed by atoms with Gasteiger partial charge in [0.1, 0.15) is 11.6 Å². The summed E-state index contributed by atoms with van der Waals surface area (Å²) in [6.45, 7) is 6.11. The molecule has 1 aliphatic rings. The highest BCUT2D eigenvalue weighted by Gasteiger charge is 2.23. The van der Waals surface area contributed by atoms with Crippen molar-refractivity contribution in [2.45, 2.75) is 65.7 Å². The number of carbonyl (C=O) groups is 1. The summed E-state index contributed by atoms with van der Waals surface area (Å²) >= 11 is 7.54. The van der Waals surface area contributed by atoms with E-state index in [0.29, 0.717) is 33.5 Å². The van der Waals surface area contributed by atoms with Gasteiger partial charge < -0.3 is 15.2 Å². The second-order valence-corrected chi connectivity index (χ2v) is 10.9. The fourth-order valence-corrected chi connectivity index (χ4v) is 6.52. The first-order valence-corrected chi connectivity index (χ1v) is 15.8. The van der Waals surface area contributed by atoms with Crippen LogP contribution in [0.1, 0.15) is 74.5 Å². The number of nitrogens with two attached hydrogens (primary N) is 1. The standard InChI is InChI=1S/C16H16ClFOS.C15H17NO2.C2H6.CH5N/c17-15-14-11(18)7-4-8-13(14)20-16(15)12(19)9-10-5-2-1-3-6-10;1-4-11-10-12(7-8-14(11)17-2)13-6-5-9-16-15(13)18-3;2*1-2/h4,7-8,10H,1-3,5-6,9H2;5-10H,4H2,1-3H3;1-2H3;2H2,1H3. The van der Waals surface area contributed by atoms with Crippen molar-refractivity contribution >= 4 is 38.8 Å². The first kappa shape index (κ1) is 35.2. The van der Waals surface area contributed by atoms with Crippen molar-refractivity contribution in [3.05, 3.63) is 76.0 Å². The topological polar surface area (TPSA) is 74.4 Å². The number of rotatable bonds is 7.